The summed E-state index contributed by atoms with van der Waals surface area (Å²) in [5, 5.41) is 11.4. The average Bonchev–Trinajstić information content (AvgIpc) is 2.94. The van der Waals surface area contributed by atoms with Gasteiger partial charge in [0.05, 0.1) is 5.56 Å². The minimum absolute atomic E-state index is 0.140. The number of aliphatic hydroxyl groups is 1. The van der Waals surface area contributed by atoms with Crippen LogP contribution in [-0.2, 0) is 0 Å². The lowest BCUT2D eigenvalue weighted by molar-refractivity contribution is 0.0946. The monoisotopic (exact) mass is 261 g/mol. The largest absolute Gasteiger partial charge is 0.384 e. The summed E-state index contributed by atoms with van der Waals surface area (Å²) in [5.74, 6) is 4.04. The van der Waals surface area contributed by atoms with Crippen LogP contribution in [0.25, 0.3) is 0 Å². The molecule has 4 heteroatoms. The highest BCUT2D eigenvalue weighted by Gasteiger charge is 2.46. The summed E-state index contributed by atoms with van der Waals surface area (Å²) in [4.78, 5) is 11.9. The van der Waals surface area contributed by atoms with Crippen molar-refractivity contribution in [2.24, 2.45) is 5.41 Å². The zero-order valence-electron chi connectivity index (χ0n) is 11.0. The molecule has 1 aliphatic rings. The van der Waals surface area contributed by atoms with E-state index >= 15 is 0 Å². The standard InChI is InChI=1S/C15H16FNO2/c1-15(2)9-13(15)17-14(19)11-6-5-10(4-3-7-18)12(16)8-11/h5-6,8,13,18H,7,9H2,1-2H3,(H,17,19). The second-order valence-electron chi connectivity index (χ2n) is 5.37. The Bertz CT molecular complexity index is 569. The number of amides is 1. The molecular weight excluding hydrogens is 245 g/mol. The van der Waals surface area contributed by atoms with E-state index in [1.54, 1.807) is 0 Å². The Morgan fingerprint density at radius 2 is 2.26 bits per heavy atom. The lowest BCUT2D eigenvalue weighted by atomic mass is 10.1. The molecule has 0 radical (unpaired) electrons. The van der Waals surface area contributed by atoms with Crippen LogP contribution >= 0.6 is 0 Å². The van der Waals surface area contributed by atoms with Gasteiger partial charge in [-0.1, -0.05) is 25.7 Å². The van der Waals surface area contributed by atoms with Gasteiger partial charge in [0.2, 0.25) is 0 Å². The number of carbonyl (C=O) groups excluding carboxylic acids is 1. The summed E-state index contributed by atoms with van der Waals surface area (Å²) in [6.07, 6.45) is 0.946. The molecule has 0 spiro atoms. The van der Waals surface area contributed by atoms with E-state index in [2.05, 4.69) is 31.0 Å². The highest BCUT2D eigenvalue weighted by Crippen LogP contribution is 2.44. The van der Waals surface area contributed by atoms with Gasteiger partial charge in [-0.15, -0.1) is 0 Å². The smallest absolute Gasteiger partial charge is 0.251 e. The van der Waals surface area contributed by atoms with E-state index < -0.39 is 5.82 Å². The molecule has 2 rings (SSSR count). The number of carbonyl (C=O) groups is 1. The van der Waals surface area contributed by atoms with Gasteiger partial charge in [-0.05, 0) is 30.0 Å². The molecule has 2 N–H and O–H groups in total. The van der Waals surface area contributed by atoms with Crippen LogP contribution in [0.5, 0.6) is 0 Å². The molecule has 19 heavy (non-hydrogen) atoms. The molecule has 0 aromatic heterocycles. The van der Waals surface area contributed by atoms with E-state index in [1.165, 1.54) is 18.2 Å². The maximum absolute atomic E-state index is 13.7. The van der Waals surface area contributed by atoms with E-state index in [-0.39, 0.29) is 35.1 Å². The number of nitrogens with one attached hydrogen (secondary N) is 1. The Morgan fingerprint density at radius 1 is 1.58 bits per heavy atom. The highest BCUT2D eigenvalue weighted by molar-refractivity contribution is 5.94. The molecule has 0 heterocycles. The molecule has 0 bridgehead atoms. The maximum Gasteiger partial charge on any atom is 0.251 e. The topological polar surface area (TPSA) is 49.3 Å². The summed E-state index contributed by atoms with van der Waals surface area (Å²) in [7, 11) is 0. The van der Waals surface area contributed by atoms with Crippen molar-refractivity contribution in [1.82, 2.24) is 5.32 Å². The molecule has 1 aromatic carbocycles. The van der Waals surface area contributed by atoms with Gasteiger partial charge >= 0.3 is 0 Å². The third-order valence-electron chi connectivity index (χ3n) is 3.35. The number of hydrogen-bond acceptors (Lipinski definition) is 2. The summed E-state index contributed by atoms with van der Waals surface area (Å²) >= 11 is 0. The summed E-state index contributed by atoms with van der Waals surface area (Å²) < 4.78 is 13.7. The van der Waals surface area contributed by atoms with E-state index in [9.17, 15) is 9.18 Å². The van der Waals surface area contributed by atoms with Crippen LogP contribution in [0.2, 0.25) is 0 Å². The minimum Gasteiger partial charge on any atom is -0.384 e. The number of aliphatic hydroxyl groups excluding tert-OH is 1. The van der Waals surface area contributed by atoms with Crippen LogP contribution in [0.15, 0.2) is 18.2 Å². The molecule has 1 unspecified atom stereocenters. The average molecular weight is 261 g/mol. The van der Waals surface area contributed by atoms with E-state index in [0.29, 0.717) is 0 Å². The lowest BCUT2D eigenvalue weighted by Crippen LogP contribution is -2.28. The summed E-state index contributed by atoms with van der Waals surface area (Å²) in [6, 6.07) is 4.32. The van der Waals surface area contributed by atoms with Crippen molar-refractivity contribution in [1.29, 1.82) is 0 Å². The van der Waals surface area contributed by atoms with Gasteiger partial charge in [0.1, 0.15) is 12.4 Å². The minimum atomic E-state index is -0.552. The molecule has 1 saturated carbocycles. The van der Waals surface area contributed by atoms with E-state index in [4.69, 9.17) is 5.11 Å². The quantitative estimate of drug-likeness (QED) is 0.796. The first kappa shape index (κ1) is 13.6. The molecular formula is C15H16FNO2. The molecule has 1 atom stereocenters. The molecule has 1 fully saturated rings. The first-order valence-electron chi connectivity index (χ1n) is 6.14. The maximum atomic E-state index is 13.7. The van der Waals surface area contributed by atoms with Crippen molar-refractivity contribution >= 4 is 5.91 Å². The molecule has 1 amide bonds. The van der Waals surface area contributed by atoms with E-state index in [1.807, 2.05) is 0 Å². The van der Waals surface area contributed by atoms with Gasteiger partial charge in [0, 0.05) is 11.6 Å². The fourth-order valence-electron chi connectivity index (χ4n) is 1.85. The lowest BCUT2D eigenvalue weighted by Gasteiger charge is -2.07. The van der Waals surface area contributed by atoms with Crippen molar-refractivity contribution in [3.8, 4) is 11.8 Å². The summed E-state index contributed by atoms with van der Waals surface area (Å²) in [5.41, 5.74) is 0.605. The van der Waals surface area contributed by atoms with Crippen molar-refractivity contribution in [2.45, 2.75) is 26.3 Å². The van der Waals surface area contributed by atoms with Crippen molar-refractivity contribution < 1.29 is 14.3 Å². The van der Waals surface area contributed by atoms with Crippen LogP contribution < -0.4 is 5.32 Å². The zero-order chi connectivity index (χ0) is 14.0. The fraction of sp³-hybridized carbons (Fsp3) is 0.400. The van der Waals surface area contributed by atoms with Crippen molar-refractivity contribution in [3.63, 3.8) is 0 Å². The fourth-order valence-corrected chi connectivity index (χ4v) is 1.85. The van der Waals surface area contributed by atoms with Crippen LogP contribution in [0.1, 0.15) is 36.2 Å². The van der Waals surface area contributed by atoms with Gasteiger partial charge in [0.15, 0.2) is 0 Å². The third kappa shape index (κ3) is 3.12. The SMILES string of the molecule is CC1(C)CC1NC(=O)c1ccc(C#CCO)c(F)c1. The Balaban J connectivity index is 2.09. The van der Waals surface area contributed by atoms with Gasteiger partial charge in [-0.2, -0.15) is 0 Å². The molecule has 0 saturated heterocycles. The van der Waals surface area contributed by atoms with Gasteiger partial charge in [0.25, 0.3) is 5.91 Å². The van der Waals surface area contributed by atoms with Crippen LogP contribution in [0.4, 0.5) is 4.39 Å². The van der Waals surface area contributed by atoms with Crippen LogP contribution in [-0.4, -0.2) is 23.7 Å². The van der Waals surface area contributed by atoms with Crippen molar-refractivity contribution in [2.75, 3.05) is 6.61 Å². The first-order chi connectivity index (χ1) is 8.94. The molecule has 1 aromatic rings. The first-order valence-corrected chi connectivity index (χ1v) is 6.14. The Kier molecular flexibility index (Phi) is 3.59. The molecule has 3 nitrogen and oxygen atoms in total. The van der Waals surface area contributed by atoms with Gasteiger partial charge in [-0.25, -0.2) is 4.39 Å². The third-order valence-corrected chi connectivity index (χ3v) is 3.35. The number of benzene rings is 1. The van der Waals surface area contributed by atoms with Crippen molar-refractivity contribution in [3.05, 3.63) is 35.1 Å². The second-order valence-corrected chi connectivity index (χ2v) is 5.37. The molecule has 1 aliphatic carbocycles. The predicted molar refractivity (Wildman–Crippen MR) is 70.0 cm³/mol. The Labute approximate surface area is 111 Å². The number of halogens is 1. The molecule has 100 valence electrons. The van der Waals surface area contributed by atoms with Gasteiger partial charge in [-0.3, -0.25) is 4.79 Å². The normalized spacial score (nSPS) is 19.3. The highest BCUT2D eigenvalue weighted by atomic mass is 19.1. The van der Waals surface area contributed by atoms with E-state index in [0.717, 1.165) is 6.42 Å². The summed E-state index contributed by atoms with van der Waals surface area (Å²) in [6.45, 7) is 3.83. The number of hydrogen-bond donors (Lipinski definition) is 2. The van der Waals surface area contributed by atoms with Crippen LogP contribution in [0.3, 0.4) is 0 Å². The second kappa shape index (κ2) is 5.02. The van der Waals surface area contributed by atoms with Gasteiger partial charge < -0.3 is 10.4 Å². The Hall–Kier alpha value is -1.86. The predicted octanol–water partition coefficient (Wildman–Crippen LogP) is 1.70. The van der Waals surface area contributed by atoms with Crippen LogP contribution in [0, 0.1) is 23.1 Å². The zero-order valence-corrected chi connectivity index (χ0v) is 11.0. The Morgan fingerprint density at radius 3 is 2.79 bits per heavy atom. The number of rotatable bonds is 2. The molecule has 0 aliphatic heterocycles.